The predicted octanol–water partition coefficient (Wildman–Crippen LogP) is 5.06. The quantitative estimate of drug-likeness (QED) is 0.557. The zero-order valence-electron chi connectivity index (χ0n) is 21.8. The van der Waals surface area contributed by atoms with Gasteiger partial charge in [0.2, 0.25) is 0 Å². The SMILES string of the molecule is CC(C)(C)OC(=O)N1CCN(c2cc(OC3CCN(C(=O)OCc4ccccc4)CC3)ccc2F)CC1. The standard InChI is InChI=1S/C28H36FN3O5/c1-28(2,3)37-27(34)32-17-15-30(16-18-32)25-19-23(9-10-24(25)29)36-22-11-13-31(14-12-22)26(33)35-20-21-7-5-4-6-8-21/h4-10,19,22H,11-18,20H2,1-3H3. The minimum atomic E-state index is -0.551. The van der Waals surface area contributed by atoms with Crippen molar-refractivity contribution in [2.45, 2.75) is 51.9 Å². The molecule has 0 aliphatic carbocycles. The fourth-order valence-electron chi connectivity index (χ4n) is 4.42. The number of anilines is 1. The van der Waals surface area contributed by atoms with E-state index in [-0.39, 0.29) is 30.7 Å². The van der Waals surface area contributed by atoms with Gasteiger partial charge in [-0.25, -0.2) is 14.0 Å². The number of hydrogen-bond acceptors (Lipinski definition) is 6. The van der Waals surface area contributed by atoms with Crippen LogP contribution in [0, 0.1) is 5.82 Å². The fourth-order valence-corrected chi connectivity index (χ4v) is 4.42. The maximum absolute atomic E-state index is 14.7. The maximum atomic E-state index is 14.7. The third kappa shape index (κ3) is 7.50. The second-order valence-electron chi connectivity index (χ2n) is 10.4. The van der Waals surface area contributed by atoms with Crippen molar-refractivity contribution in [3.8, 4) is 5.75 Å². The molecule has 8 nitrogen and oxygen atoms in total. The van der Waals surface area contributed by atoms with Crippen molar-refractivity contribution in [1.82, 2.24) is 9.80 Å². The first-order valence-corrected chi connectivity index (χ1v) is 12.8. The number of nitrogens with zero attached hydrogens (tertiary/aromatic N) is 3. The molecule has 0 aromatic heterocycles. The van der Waals surface area contributed by atoms with Crippen LogP contribution in [0.2, 0.25) is 0 Å². The van der Waals surface area contributed by atoms with Crippen LogP contribution in [0.25, 0.3) is 0 Å². The summed E-state index contributed by atoms with van der Waals surface area (Å²) >= 11 is 0. The summed E-state index contributed by atoms with van der Waals surface area (Å²) in [5.41, 5.74) is 0.862. The van der Waals surface area contributed by atoms with Gasteiger partial charge in [0.05, 0.1) is 5.69 Å². The monoisotopic (exact) mass is 513 g/mol. The van der Waals surface area contributed by atoms with E-state index >= 15 is 0 Å². The van der Waals surface area contributed by atoms with E-state index in [2.05, 4.69) is 0 Å². The Hall–Kier alpha value is -3.49. The summed E-state index contributed by atoms with van der Waals surface area (Å²) in [5.74, 6) is 0.269. The van der Waals surface area contributed by atoms with Gasteiger partial charge in [0.15, 0.2) is 0 Å². The minimum absolute atomic E-state index is 0.0690. The average Bonchev–Trinajstić information content (AvgIpc) is 2.88. The van der Waals surface area contributed by atoms with Gasteiger partial charge in [-0.3, -0.25) is 0 Å². The number of amides is 2. The molecule has 4 rings (SSSR count). The van der Waals surface area contributed by atoms with Crippen molar-refractivity contribution < 1.29 is 28.2 Å². The van der Waals surface area contributed by atoms with Gasteiger partial charge in [-0.2, -0.15) is 0 Å². The van der Waals surface area contributed by atoms with Crippen molar-refractivity contribution >= 4 is 17.9 Å². The highest BCUT2D eigenvalue weighted by Gasteiger charge is 2.28. The van der Waals surface area contributed by atoms with Crippen LogP contribution in [-0.4, -0.2) is 73.0 Å². The summed E-state index contributed by atoms with van der Waals surface area (Å²) in [5, 5.41) is 0. The number of halogens is 1. The van der Waals surface area contributed by atoms with Gasteiger partial charge in [0, 0.05) is 58.2 Å². The van der Waals surface area contributed by atoms with Gasteiger partial charge >= 0.3 is 12.2 Å². The number of hydrogen-bond donors (Lipinski definition) is 0. The second kappa shape index (κ2) is 11.7. The molecule has 2 aromatic carbocycles. The van der Waals surface area contributed by atoms with Gasteiger partial charge in [-0.05, 0) is 38.5 Å². The molecule has 0 saturated carbocycles. The Morgan fingerprint density at radius 3 is 2.19 bits per heavy atom. The van der Waals surface area contributed by atoms with Crippen LogP contribution >= 0.6 is 0 Å². The average molecular weight is 514 g/mol. The molecular formula is C28H36FN3O5. The molecule has 0 spiro atoms. The summed E-state index contributed by atoms with van der Waals surface area (Å²) in [6, 6.07) is 14.4. The first kappa shape index (κ1) is 26.6. The lowest BCUT2D eigenvalue weighted by Crippen LogP contribution is -2.50. The molecule has 2 fully saturated rings. The molecule has 2 aliphatic heterocycles. The second-order valence-corrected chi connectivity index (χ2v) is 10.4. The first-order valence-electron chi connectivity index (χ1n) is 12.8. The Bertz CT molecular complexity index is 1060. The Labute approximate surface area is 217 Å². The van der Waals surface area contributed by atoms with Gasteiger partial charge in [-0.15, -0.1) is 0 Å². The Morgan fingerprint density at radius 2 is 1.54 bits per heavy atom. The van der Waals surface area contributed by atoms with Gasteiger partial charge in [0.1, 0.15) is 29.9 Å². The molecule has 2 aromatic rings. The molecule has 0 N–H and O–H groups in total. The molecule has 0 radical (unpaired) electrons. The van der Waals surface area contributed by atoms with E-state index in [1.807, 2.05) is 56.0 Å². The highest BCUT2D eigenvalue weighted by Crippen LogP contribution is 2.28. The van der Waals surface area contributed by atoms with Gasteiger partial charge < -0.3 is 28.9 Å². The Morgan fingerprint density at radius 1 is 0.892 bits per heavy atom. The number of ether oxygens (including phenoxy) is 3. The maximum Gasteiger partial charge on any atom is 0.410 e. The molecule has 2 aliphatic rings. The van der Waals surface area contributed by atoms with E-state index in [1.54, 1.807) is 21.9 Å². The lowest BCUT2D eigenvalue weighted by atomic mass is 10.1. The largest absolute Gasteiger partial charge is 0.490 e. The normalized spacial score (nSPS) is 16.9. The number of likely N-dealkylation sites (tertiary alicyclic amines) is 1. The molecule has 2 saturated heterocycles. The molecule has 37 heavy (non-hydrogen) atoms. The molecule has 200 valence electrons. The van der Waals surface area contributed by atoms with Crippen LogP contribution in [0.1, 0.15) is 39.2 Å². The van der Waals surface area contributed by atoms with Crippen LogP contribution in [-0.2, 0) is 16.1 Å². The van der Waals surface area contributed by atoms with Crippen LogP contribution < -0.4 is 9.64 Å². The van der Waals surface area contributed by atoms with Crippen LogP contribution in [0.4, 0.5) is 19.7 Å². The zero-order chi connectivity index (χ0) is 26.4. The molecule has 9 heteroatoms. The molecular weight excluding hydrogens is 477 g/mol. The van der Waals surface area contributed by atoms with Crippen LogP contribution in [0.15, 0.2) is 48.5 Å². The summed E-state index contributed by atoms with van der Waals surface area (Å²) < 4.78 is 31.7. The number of piperazine rings is 1. The van der Waals surface area contributed by atoms with E-state index in [0.717, 1.165) is 5.56 Å². The fraction of sp³-hybridized carbons (Fsp3) is 0.500. The number of rotatable bonds is 5. The van der Waals surface area contributed by atoms with E-state index < -0.39 is 5.60 Å². The van der Waals surface area contributed by atoms with Crippen LogP contribution in [0.3, 0.4) is 0 Å². The number of carbonyl (C=O) groups is 2. The summed E-state index contributed by atoms with van der Waals surface area (Å²) in [6.45, 7) is 8.76. The van der Waals surface area contributed by atoms with Crippen molar-refractivity contribution in [2.75, 3.05) is 44.2 Å². The number of benzene rings is 2. The lowest BCUT2D eigenvalue weighted by Gasteiger charge is -2.37. The number of piperidine rings is 1. The van der Waals surface area contributed by atoms with Crippen molar-refractivity contribution in [1.29, 1.82) is 0 Å². The molecule has 2 amide bonds. The third-order valence-corrected chi connectivity index (χ3v) is 6.40. The van der Waals surface area contributed by atoms with Crippen LogP contribution in [0.5, 0.6) is 5.75 Å². The van der Waals surface area contributed by atoms with Crippen molar-refractivity contribution in [3.63, 3.8) is 0 Å². The van der Waals surface area contributed by atoms with Gasteiger partial charge in [-0.1, -0.05) is 30.3 Å². The van der Waals surface area contributed by atoms with E-state index in [4.69, 9.17) is 14.2 Å². The van der Waals surface area contributed by atoms with E-state index in [1.165, 1.54) is 6.07 Å². The first-order chi connectivity index (χ1) is 17.7. The zero-order valence-corrected chi connectivity index (χ0v) is 21.8. The molecule has 0 unspecified atom stereocenters. The van der Waals surface area contributed by atoms with E-state index in [9.17, 15) is 14.0 Å². The Kier molecular flexibility index (Phi) is 8.41. The lowest BCUT2D eigenvalue weighted by molar-refractivity contribution is 0.0240. The summed E-state index contributed by atoms with van der Waals surface area (Å²) in [7, 11) is 0. The topological polar surface area (TPSA) is 71.6 Å². The number of carbonyl (C=O) groups excluding carboxylic acids is 2. The Balaban J connectivity index is 1.25. The highest BCUT2D eigenvalue weighted by atomic mass is 19.1. The third-order valence-electron chi connectivity index (χ3n) is 6.40. The van der Waals surface area contributed by atoms with Gasteiger partial charge in [0.25, 0.3) is 0 Å². The summed E-state index contributed by atoms with van der Waals surface area (Å²) in [4.78, 5) is 30.0. The summed E-state index contributed by atoms with van der Waals surface area (Å²) in [6.07, 6.45) is 0.598. The van der Waals surface area contributed by atoms with Crippen molar-refractivity contribution in [3.05, 3.63) is 59.9 Å². The van der Waals surface area contributed by atoms with E-state index in [0.29, 0.717) is 63.5 Å². The van der Waals surface area contributed by atoms with Crippen molar-refractivity contribution in [2.24, 2.45) is 0 Å². The highest BCUT2D eigenvalue weighted by molar-refractivity contribution is 5.69. The molecule has 0 bridgehead atoms. The minimum Gasteiger partial charge on any atom is -0.490 e. The smallest absolute Gasteiger partial charge is 0.410 e. The molecule has 0 atom stereocenters. The molecule has 2 heterocycles. The predicted molar refractivity (Wildman–Crippen MR) is 138 cm³/mol.